The van der Waals surface area contributed by atoms with Crippen molar-refractivity contribution in [2.24, 2.45) is 0 Å². The van der Waals surface area contributed by atoms with Crippen LogP contribution in [0.3, 0.4) is 0 Å². The molecule has 2 N–H and O–H groups in total. The maximum absolute atomic E-state index is 12.4. The molecule has 4 heteroatoms. The highest BCUT2D eigenvalue weighted by molar-refractivity contribution is 7.99. The minimum absolute atomic E-state index is 0.0680. The van der Waals surface area contributed by atoms with Gasteiger partial charge in [-0.05, 0) is 36.2 Å². The molecule has 20 heavy (non-hydrogen) atoms. The third kappa shape index (κ3) is 2.39. The summed E-state index contributed by atoms with van der Waals surface area (Å²) < 4.78 is 0. The van der Waals surface area contributed by atoms with E-state index in [1.807, 2.05) is 37.3 Å². The van der Waals surface area contributed by atoms with Gasteiger partial charge in [0.05, 0.1) is 11.6 Å². The quantitative estimate of drug-likeness (QED) is 0.830. The van der Waals surface area contributed by atoms with Crippen molar-refractivity contribution in [3.8, 4) is 5.75 Å². The Morgan fingerprint density at radius 1 is 1.30 bits per heavy atom. The Kier molecular flexibility index (Phi) is 3.40. The molecule has 102 valence electrons. The first kappa shape index (κ1) is 13.1. The Morgan fingerprint density at radius 2 is 2.10 bits per heavy atom. The Balaban J connectivity index is 1.81. The van der Waals surface area contributed by atoms with Crippen molar-refractivity contribution in [2.45, 2.75) is 17.7 Å². The van der Waals surface area contributed by atoms with Crippen LogP contribution in [-0.4, -0.2) is 16.8 Å². The van der Waals surface area contributed by atoms with Crippen molar-refractivity contribution in [1.29, 1.82) is 0 Å². The molecule has 1 amide bonds. The molecular formula is C16H15NO2S. The lowest BCUT2D eigenvalue weighted by molar-refractivity contribution is -0.117. The molecule has 1 heterocycles. The van der Waals surface area contributed by atoms with Gasteiger partial charge >= 0.3 is 0 Å². The zero-order valence-corrected chi connectivity index (χ0v) is 11.9. The Bertz CT molecular complexity index is 669. The number of phenolic OH excluding ortho intramolecular Hbond substituents is 1. The molecule has 0 saturated heterocycles. The summed E-state index contributed by atoms with van der Waals surface area (Å²) in [4.78, 5) is 13.5. The number of thioether (sulfide) groups is 1. The van der Waals surface area contributed by atoms with E-state index in [4.69, 9.17) is 0 Å². The Labute approximate surface area is 122 Å². The van der Waals surface area contributed by atoms with Gasteiger partial charge in [0, 0.05) is 10.6 Å². The van der Waals surface area contributed by atoms with Crippen molar-refractivity contribution in [2.75, 3.05) is 11.1 Å². The van der Waals surface area contributed by atoms with Crippen LogP contribution in [0.5, 0.6) is 5.75 Å². The van der Waals surface area contributed by atoms with E-state index in [2.05, 4.69) is 5.32 Å². The third-order valence-electron chi connectivity index (χ3n) is 3.43. The lowest BCUT2D eigenvalue weighted by Gasteiger charge is -2.13. The van der Waals surface area contributed by atoms with E-state index < -0.39 is 0 Å². The number of amides is 1. The summed E-state index contributed by atoms with van der Waals surface area (Å²) >= 11 is 1.70. The largest absolute Gasteiger partial charge is 0.506 e. The van der Waals surface area contributed by atoms with Gasteiger partial charge in [0.1, 0.15) is 5.75 Å². The summed E-state index contributed by atoms with van der Waals surface area (Å²) in [6, 6.07) is 13.2. The van der Waals surface area contributed by atoms with Crippen molar-refractivity contribution < 1.29 is 9.90 Å². The summed E-state index contributed by atoms with van der Waals surface area (Å²) in [5.41, 5.74) is 2.50. The molecule has 3 nitrogen and oxygen atoms in total. The standard InChI is InChI=1S/C16H15NO2S/c1-10-6-7-13(14(18)8-10)17-16(19)12-9-20-15-5-3-2-4-11(12)15/h2-8,12,18H,9H2,1H3,(H,17,19). The molecular weight excluding hydrogens is 270 g/mol. The van der Waals surface area contributed by atoms with Crippen LogP contribution < -0.4 is 5.32 Å². The number of rotatable bonds is 2. The molecule has 1 aliphatic rings. The fourth-order valence-corrected chi connectivity index (χ4v) is 3.58. The molecule has 0 aliphatic carbocycles. The van der Waals surface area contributed by atoms with E-state index in [-0.39, 0.29) is 17.6 Å². The van der Waals surface area contributed by atoms with E-state index in [0.29, 0.717) is 5.69 Å². The smallest absolute Gasteiger partial charge is 0.232 e. The molecule has 2 aromatic carbocycles. The van der Waals surface area contributed by atoms with Crippen molar-refractivity contribution in [3.63, 3.8) is 0 Å². The molecule has 0 fully saturated rings. The maximum Gasteiger partial charge on any atom is 0.232 e. The van der Waals surface area contributed by atoms with Crippen LogP contribution >= 0.6 is 11.8 Å². The molecule has 1 aliphatic heterocycles. The molecule has 0 aromatic heterocycles. The van der Waals surface area contributed by atoms with Gasteiger partial charge < -0.3 is 10.4 Å². The van der Waals surface area contributed by atoms with E-state index >= 15 is 0 Å². The SMILES string of the molecule is Cc1ccc(NC(=O)C2CSc3ccccc32)c(O)c1. The molecule has 0 radical (unpaired) electrons. The third-order valence-corrected chi connectivity index (χ3v) is 4.61. The lowest BCUT2D eigenvalue weighted by atomic mass is 10.0. The number of aromatic hydroxyl groups is 1. The van der Waals surface area contributed by atoms with E-state index in [0.717, 1.165) is 16.9 Å². The molecule has 3 rings (SSSR count). The summed E-state index contributed by atoms with van der Waals surface area (Å²) in [5.74, 6) is 0.633. The van der Waals surface area contributed by atoms with Crippen LogP contribution in [-0.2, 0) is 4.79 Å². The lowest BCUT2D eigenvalue weighted by Crippen LogP contribution is -2.21. The van der Waals surface area contributed by atoms with Crippen LogP contribution in [0.4, 0.5) is 5.69 Å². The van der Waals surface area contributed by atoms with E-state index in [1.54, 1.807) is 23.9 Å². The van der Waals surface area contributed by atoms with Gasteiger partial charge in [0.2, 0.25) is 5.91 Å². The van der Waals surface area contributed by atoms with Crippen molar-refractivity contribution >= 4 is 23.4 Å². The fraction of sp³-hybridized carbons (Fsp3) is 0.188. The monoisotopic (exact) mass is 285 g/mol. The number of aryl methyl sites for hydroxylation is 1. The van der Waals surface area contributed by atoms with Crippen molar-refractivity contribution in [3.05, 3.63) is 53.6 Å². The first-order valence-corrected chi connectivity index (χ1v) is 7.46. The number of hydrogen-bond donors (Lipinski definition) is 2. The summed E-state index contributed by atoms with van der Waals surface area (Å²) in [6.45, 7) is 1.90. The number of anilines is 1. The second kappa shape index (κ2) is 5.21. The zero-order chi connectivity index (χ0) is 14.1. The zero-order valence-electron chi connectivity index (χ0n) is 11.1. The van der Waals surface area contributed by atoms with Crippen LogP contribution in [0.25, 0.3) is 0 Å². The topological polar surface area (TPSA) is 49.3 Å². The van der Waals surface area contributed by atoms with Gasteiger partial charge in [-0.15, -0.1) is 11.8 Å². The average Bonchev–Trinajstić information content (AvgIpc) is 2.86. The molecule has 0 spiro atoms. The van der Waals surface area contributed by atoms with Gasteiger partial charge in [-0.2, -0.15) is 0 Å². The molecule has 1 atom stereocenters. The second-order valence-corrected chi connectivity index (χ2v) is 5.97. The molecule has 2 aromatic rings. The van der Waals surface area contributed by atoms with Gasteiger partial charge in [-0.1, -0.05) is 24.3 Å². The number of fused-ring (bicyclic) bond motifs is 1. The first-order chi connectivity index (χ1) is 9.65. The number of nitrogens with one attached hydrogen (secondary N) is 1. The Morgan fingerprint density at radius 3 is 2.90 bits per heavy atom. The minimum Gasteiger partial charge on any atom is -0.506 e. The van der Waals surface area contributed by atoms with Gasteiger partial charge in [-0.3, -0.25) is 4.79 Å². The van der Waals surface area contributed by atoms with E-state index in [9.17, 15) is 9.90 Å². The maximum atomic E-state index is 12.4. The fourth-order valence-electron chi connectivity index (χ4n) is 2.35. The number of carbonyl (C=O) groups is 1. The van der Waals surface area contributed by atoms with Gasteiger partial charge in [0.25, 0.3) is 0 Å². The predicted molar refractivity (Wildman–Crippen MR) is 81.4 cm³/mol. The Hall–Kier alpha value is -1.94. The van der Waals surface area contributed by atoms with Gasteiger partial charge in [-0.25, -0.2) is 0 Å². The summed E-state index contributed by atoms with van der Waals surface area (Å²) in [7, 11) is 0. The van der Waals surface area contributed by atoms with Gasteiger partial charge in [0.15, 0.2) is 0 Å². The summed E-state index contributed by atoms with van der Waals surface area (Å²) in [5, 5.41) is 12.7. The average molecular weight is 285 g/mol. The van der Waals surface area contributed by atoms with Crippen molar-refractivity contribution in [1.82, 2.24) is 0 Å². The second-order valence-electron chi connectivity index (χ2n) is 4.91. The van der Waals surface area contributed by atoms with Crippen LogP contribution in [0, 0.1) is 6.92 Å². The number of phenols is 1. The molecule has 0 saturated carbocycles. The first-order valence-electron chi connectivity index (χ1n) is 6.47. The highest BCUT2D eigenvalue weighted by atomic mass is 32.2. The normalized spacial score (nSPS) is 16.8. The number of carbonyl (C=O) groups excluding carboxylic acids is 1. The van der Waals surface area contributed by atoms with E-state index in [1.165, 1.54) is 4.90 Å². The number of hydrogen-bond acceptors (Lipinski definition) is 3. The van der Waals surface area contributed by atoms with Crippen LogP contribution in [0.15, 0.2) is 47.4 Å². The highest BCUT2D eigenvalue weighted by Crippen LogP contribution is 2.40. The summed E-state index contributed by atoms with van der Waals surface area (Å²) in [6.07, 6.45) is 0. The minimum atomic E-state index is -0.156. The molecule has 1 unspecified atom stereocenters. The number of benzene rings is 2. The van der Waals surface area contributed by atoms with Crippen LogP contribution in [0.1, 0.15) is 17.0 Å². The van der Waals surface area contributed by atoms with Crippen LogP contribution in [0.2, 0.25) is 0 Å². The predicted octanol–water partition coefficient (Wildman–Crippen LogP) is 3.53. The highest BCUT2D eigenvalue weighted by Gasteiger charge is 2.29. The molecule has 0 bridgehead atoms.